The quantitative estimate of drug-likeness (QED) is 0.747. The van der Waals surface area contributed by atoms with Crippen LogP contribution in [0.1, 0.15) is 24.3 Å². The van der Waals surface area contributed by atoms with Crippen molar-refractivity contribution in [1.29, 1.82) is 0 Å². The fourth-order valence-electron chi connectivity index (χ4n) is 4.26. The van der Waals surface area contributed by atoms with Crippen LogP contribution < -0.4 is 10.9 Å². The van der Waals surface area contributed by atoms with Crippen LogP contribution >= 0.6 is 0 Å². The number of anilines is 1. The van der Waals surface area contributed by atoms with Crippen molar-refractivity contribution in [2.45, 2.75) is 18.8 Å². The third kappa shape index (κ3) is 3.04. The Kier molecular flexibility index (Phi) is 4.02. The number of rotatable bonds is 3. The number of nitrogens with zero attached hydrogens (tertiary/aromatic N) is 2. The molecule has 0 aliphatic carbocycles. The molecule has 2 aromatic carbocycles. The molecule has 3 heterocycles. The van der Waals surface area contributed by atoms with Crippen molar-refractivity contribution in [3.63, 3.8) is 0 Å². The first kappa shape index (κ1) is 16.3. The monoisotopic (exact) mass is 358 g/mol. The minimum absolute atomic E-state index is 0.0703. The van der Waals surface area contributed by atoms with Crippen molar-refractivity contribution in [2.75, 3.05) is 25.0 Å². The van der Waals surface area contributed by atoms with E-state index in [1.165, 1.54) is 18.4 Å². The molecule has 0 atom stereocenters. The van der Waals surface area contributed by atoms with Gasteiger partial charge in [0.05, 0.1) is 23.3 Å². The van der Waals surface area contributed by atoms with Gasteiger partial charge < -0.3 is 10.3 Å². The number of hydrogen-bond acceptors (Lipinski definition) is 4. The molecule has 5 rings (SSSR count). The Labute approximate surface area is 157 Å². The molecule has 136 valence electrons. The van der Waals surface area contributed by atoms with Crippen molar-refractivity contribution in [1.82, 2.24) is 9.88 Å². The van der Waals surface area contributed by atoms with Crippen LogP contribution in [0.3, 0.4) is 0 Å². The maximum absolute atomic E-state index is 12.0. The van der Waals surface area contributed by atoms with Gasteiger partial charge in [0.25, 0.3) is 5.56 Å². The van der Waals surface area contributed by atoms with Crippen LogP contribution in [-0.4, -0.2) is 35.4 Å². The van der Waals surface area contributed by atoms with Gasteiger partial charge in [-0.15, -0.1) is 0 Å². The Morgan fingerprint density at radius 2 is 1.85 bits per heavy atom. The number of aromatic amines is 1. The van der Waals surface area contributed by atoms with E-state index in [9.17, 15) is 4.79 Å². The molecular formula is C22H22N4O. The number of nitrogens with one attached hydrogen (secondary N) is 2. The van der Waals surface area contributed by atoms with Crippen LogP contribution in [0.25, 0.3) is 10.8 Å². The van der Waals surface area contributed by atoms with Gasteiger partial charge in [-0.05, 0) is 49.5 Å². The van der Waals surface area contributed by atoms with Crippen LogP contribution in [0, 0.1) is 0 Å². The van der Waals surface area contributed by atoms with E-state index in [-0.39, 0.29) is 5.56 Å². The zero-order chi connectivity index (χ0) is 18.2. The molecule has 1 saturated heterocycles. The Morgan fingerprint density at radius 3 is 2.67 bits per heavy atom. The lowest BCUT2D eigenvalue weighted by atomic mass is 9.89. The van der Waals surface area contributed by atoms with E-state index in [1.54, 1.807) is 6.20 Å². The number of aromatic nitrogens is 1. The van der Waals surface area contributed by atoms with E-state index in [1.807, 2.05) is 18.2 Å². The predicted octanol–water partition coefficient (Wildman–Crippen LogP) is 3.86. The minimum atomic E-state index is -0.0703. The van der Waals surface area contributed by atoms with Crippen molar-refractivity contribution in [2.24, 2.45) is 4.99 Å². The van der Waals surface area contributed by atoms with Gasteiger partial charge in [0, 0.05) is 11.6 Å². The van der Waals surface area contributed by atoms with Crippen LogP contribution in [-0.2, 0) is 0 Å². The highest BCUT2D eigenvalue weighted by atomic mass is 16.1. The van der Waals surface area contributed by atoms with Gasteiger partial charge in [0.2, 0.25) is 0 Å². The second-order valence-corrected chi connectivity index (χ2v) is 7.38. The Hall–Kier alpha value is -2.92. The van der Waals surface area contributed by atoms with Crippen molar-refractivity contribution < 1.29 is 0 Å². The molecule has 0 spiro atoms. The highest BCUT2D eigenvalue weighted by molar-refractivity contribution is 6.13. The molecule has 2 aliphatic heterocycles. The van der Waals surface area contributed by atoms with Crippen molar-refractivity contribution >= 4 is 28.0 Å². The number of benzene rings is 2. The Morgan fingerprint density at radius 1 is 1.04 bits per heavy atom. The molecule has 2 N–H and O–H groups in total. The SMILES string of the molecule is O=c1[nH]cc2c3c(cccc13)N=C(CN1CCC(c3ccccc3)CC1)N2. The van der Waals surface area contributed by atoms with E-state index >= 15 is 0 Å². The second-order valence-electron chi connectivity index (χ2n) is 7.38. The van der Waals surface area contributed by atoms with Crippen LogP contribution in [0.5, 0.6) is 0 Å². The number of piperidine rings is 1. The summed E-state index contributed by atoms with van der Waals surface area (Å²) in [7, 11) is 0. The molecule has 0 radical (unpaired) electrons. The summed E-state index contributed by atoms with van der Waals surface area (Å²) in [5.74, 6) is 1.60. The summed E-state index contributed by atoms with van der Waals surface area (Å²) in [6.45, 7) is 2.95. The molecule has 1 fully saturated rings. The lowest BCUT2D eigenvalue weighted by molar-refractivity contribution is 0.238. The van der Waals surface area contributed by atoms with Gasteiger partial charge >= 0.3 is 0 Å². The van der Waals surface area contributed by atoms with E-state index in [0.29, 0.717) is 11.3 Å². The summed E-state index contributed by atoms with van der Waals surface area (Å²) in [4.78, 5) is 22.1. The highest BCUT2D eigenvalue weighted by Crippen LogP contribution is 2.34. The minimum Gasteiger partial charge on any atom is -0.341 e. The third-order valence-corrected chi connectivity index (χ3v) is 5.67. The maximum atomic E-state index is 12.0. The number of likely N-dealkylation sites (tertiary alicyclic amines) is 1. The normalized spacial score (nSPS) is 17.6. The molecule has 0 saturated carbocycles. The fraction of sp³-hybridized carbons (Fsp3) is 0.273. The van der Waals surface area contributed by atoms with E-state index in [4.69, 9.17) is 4.99 Å². The zero-order valence-electron chi connectivity index (χ0n) is 15.1. The summed E-state index contributed by atoms with van der Waals surface area (Å²) in [5, 5.41) is 5.01. The number of aliphatic imine (C=N–C) groups is 1. The molecule has 3 aromatic rings. The molecule has 1 aromatic heterocycles. The largest absolute Gasteiger partial charge is 0.341 e. The highest BCUT2D eigenvalue weighted by Gasteiger charge is 2.23. The topological polar surface area (TPSA) is 60.5 Å². The standard InChI is InChI=1S/C22H22N4O/c27-22-17-7-4-8-18-21(17)19(13-23-22)25-20(24-18)14-26-11-9-16(10-12-26)15-5-2-1-3-6-15/h1-8,13,16H,9-12,14H2,(H,23,27)(H,24,25). The summed E-state index contributed by atoms with van der Waals surface area (Å²) in [6.07, 6.45) is 4.11. The molecule has 27 heavy (non-hydrogen) atoms. The number of amidine groups is 1. The van der Waals surface area contributed by atoms with Gasteiger partial charge in [-0.2, -0.15) is 0 Å². The predicted molar refractivity (Wildman–Crippen MR) is 110 cm³/mol. The molecular weight excluding hydrogens is 336 g/mol. The Bertz CT molecular complexity index is 1060. The van der Waals surface area contributed by atoms with Gasteiger partial charge in [-0.1, -0.05) is 36.4 Å². The van der Waals surface area contributed by atoms with E-state index in [2.05, 4.69) is 45.5 Å². The molecule has 5 nitrogen and oxygen atoms in total. The molecule has 2 aliphatic rings. The van der Waals surface area contributed by atoms with Crippen molar-refractivity contribution in [3.05, 3.63) is 70.6 Å². The first-order chi connectivity index (χ1) is 13.3. The summed E-state index contributed by atoms with van der Waals surface area (Å²) in [6, 6.07) is 16.5. The molecule has 0 bridgehead atoms. The summed E-state index contributed by atoms with van der Waals surface area (Å²) < 4.78 is 0. The molecule has 0 amide bonds. The van der Waals surface area contributed by atoms with E-state index in [0.717, 1.165) is 42.2 Å². The number of hydrogen-bond donors (Lipinski definition) is 2. The van der Waals surface area contributed by atoms with Crippen LogP contribution in [0.4, 0.5) is 11.4 Å². The lowest BCUT2D eigenvalue weighted by Gasteiger charge is -2.33. The molecule has 0 unspecified atom stereocenters. The average molecular weight is 358 g/mol. The third-order valence-electron chi connectivity index (χ3n) is 5.67. The van der Waals surface area contributed by atoms with Crippen LogP contribution in [0.15, 0.2) is 64.5 Å². The molecule has 5 heteroatoms. The van der Waals surface area contributed by atoms with E-state index < -0.39 is 0 Å². The summed E-state index contributed by atoms with van der Waals surface area (Å²) in [5.41, 5.74) is 3.19. The van der Waals surface area contributed by atoms with Crippen LogP contribution in [0.2, 0.25) is 0 Å². The van der Waals surface area contributed by atoms with Gasteiger partial charge in [0.15, 0.2) is 0 Å². The average Bonchev–Trinajstić information content (AvgIpc) is 2.72. The number of H-pyrrole nitrogens is 1. The maximum Gasteiger partial charge on any atom is 0.256 e. The van der Waals surface area contributed by atoms with Gasteiger partial charge in [-0.25, -0.2) is 4.99 Å². The summed E-state index contributed by atoms with van der Waals surface area (Å²) >= 11 is 0. The number of pyridine rings is 1. The smallest absolute Gasteiger partial charge is 0.256 e. The van der Waals surface area contributed by atoms with Crippen molar-refractivity contribution in [3.8, 4) is 0 Å². The second kappa shape index (κ2) is 6.67. The zero-order valence-corrected chi connectivity index (χ0v) is 15.1. The first-order valence-corrected chi connectivity index (χ1v) is 9.54. The van der Waals surface area contributed by atoms with Gasteiger partial charge in [0.1, 0.15) is 5.84 Å². The fourth-order valence-corrected chi connectivity index (χ4v) is 4.26. The first-order valence-electron chi connectivity index (χ1n) is 9.54. The Balaban J connectivity index is 1.32. The lowest BCUT2D eigenvalue weighted by Crippen LogP contribution is -2.39. The van der Waals surface area contributed by atoms with Gasteiger partial charge in [-0.3, -0.25) is 9.69 Å².